The number of aryl methyl sites for hydroxylation is 1. The number of rotatable bonds is 5. The van der Waals surface area contributed by atoms with Crippen LogP contribution >= 0.6 is 0 Å². The van der Waals surface area contributed by atoms with Crippen molar-refractivity contribution in [2.24, 2.45) is 5.10 Å². The van der Waals surface area contributed by atoms with Crippen LogP contribution in [0.15, 0.2) is 96.1 Å². The van der Waals surface area contributed by atoms with Crippen molar-refractivity contribution in [1.82, 2.24) is 5.43 Å². The summed E-state index contributed by atoms with van der Waals surface area (Å²) in [7, 11) is 0. The quantitative estimate of drug-likeness (QED) is 0.354. The molecular formula is C26H21N3O2. The van der Waals surface area contributed by atoms with Gasteiger partial charge in [0.25, 0.3) is 11.8 Å². The predicted molar refractivity (Wildman–Crippen MR) is 125 cm³/mol. The number of carbonyl (C=O) groups excluding carboxylic acids is 2. The Morgan fingerprint density at radius 1 is 0.774 bits per heavy atom. The van der Waals surface area contributed by atoms with Gasteiger partial charge in [-0.3, -0.25) is 9.59 Å². The smallest absolute Gasteiger partial charge is 0.271 e. The van der Waals surface area contributed by atoms with Crippen LogP contribution in [0.1, 0.15) is 31.8 Å². The molecule has 0 atom stereocenters. The van der Waals surface area contributed by atoms with Gasteiger partial charge >= 0.3 is 0 Å². The fourth-order valence-corrected chi connectivity index (χ4v) is 3.32. The second-order valence-corrected chi connectivity index (χ2v) is 7.11. The predicted octanol–water partition coefficient (Wildman–Crippen LogP) is 5.16. The average molecular weight is 407 g/mol. The molecule has 0 radical (unpaired) electrons. The minimum absolute atomic E-state index is 0.185. The van der Waals surface area contributed by atoms with E-state index in [1.165, 1.54) is 0 Å². The number of hydrogen-bond acceptors (Lipinski definition) is 3. The van der Waals surface area contributed by atoms with Crippen LogP contribution in [0.25, 0.3) is 10.8 Å². The second kappa shape index (κ2) is 9.05. The van der Waals surface area contributed by atoms with Gasteiger partial charge in [0.2, 0.25) is 0 Å². The fourth-order valence-electron chi connectivity index (χ4n) is 3.32. The molecule has 4 rings (SSSR count). The van der Waals surface area contributed by atoms with Crippen LogP contribution in [-0.4, -0.2) is 18.0 Å². The van der Waals surface area contributed by atoms with Gasteiger partial charge < -0.3 is 5.32 Å². The number of benzene rings is 4. The van der Waals surface area contributed by atoms with E-state index in [-0.39, 0.29) is 11.8 Å². The monoisotopic (exact) mass is 407 g/mol. The summed E-state index contributed by atoms with van der Waals surface area (Å²) in [6.07, 6.45) is 1.64. The summed E-state index contributed by atoms with van der Waals surface area (Å²) in [5.41, 5.74) is 6.06. The number of hydrazone groups is 1. The van der Waals surface area contributed by atoms with Gasteiger partial charge in [0.1, 0.15) is 0 Å². The molecule has 2 N–H and O–H groups in total. The van der Waals surface area contributed by atoms with Gasteiger partial charge in [-0.2, -0.15) is 5.10 Å². The van der Waals surface area contributed by atoms with E-state index in [9.17, 15) is 9.59 Å². The molecule has 0 heterocycles. The molecule has 0 aliphatic heterocycles. The zero-order valence-electron chi connectivity index (χ0n) is 17.0. The Balaban J connectivity index is 1.40. The van der Waals surface area contributed by atoms with Crippen molar-refractivity contribution in [2.75, 3.05) is 5.32 Å². The Bertz CT molecular complexity index is 1270. The Morgan fingerprint density at radius 3 is 2.29 bits per heavy atom. The molecule has 0 unspecified atom stereocenters. The molecule has 4 aromatic carbocycles. The van der Waals surface area contributed by atoms with Crippen LogP contribution in [0.2, 0.25) is 0 Å². The molecule has 0 bridgehead atoms. The highest BCUT2D eigenvalue weighted by Crippen LogP contribution is 2.17. The zero-order valence-corrected chi connectivity index (χ0v) is 17.0. The molecule has 0 aliphatic rings. The van der Waals surface area contributed by atoms with Gasteiger partial charge in [-0.15, -0.1) is 0 Å². The van der Waals surface area contributed by atoms with Crippen molar-refractivity contribution in [3.05, 3.63) is 113 Å². The molecule has 0 aromatic heterocycles. The van der Waals surface area contributed by atoms with E-state index in [0.29, 0.717) is 16.8 Å². The summed E-state index contributed by atoms with van der Waals surface area (Å²) in [4.78, 5) is 24.8. The van der Waals surface area contributed by atoms with Crippen LogP contribution in [-0.2, 0) is 0 Å². The highest BCUT2D eigenvalue weighted by Gasteiger charge is 2.09. The average Bonchev–Trinajstić information content (AvgIpc) is 2.80. The minimum atomic E-state index is -0.326. The van der Waals surface area contributed by atoms with Gasteiger partial charge in [-0.05, 0) is 53.6 Å². The van der Waals surface area contributed by atoms with Crippen molar-refractivity contribution in [1.29, 1.82) is 0 Å². The zero-order chi connectivity index (χ0) is 21.6. The van der Waals surface area contributed by atoms with Crippen LogP contribution in [0.3, 0.4) is 0 Å². The van der Waals surface area contributed by atoms with E-state index in [4.69, 9.17) is 0 Å². The number of nitrogens with one attached hydrogen (secondary N) is 2. The maximum absolute atomic E-state index is 12.4. The molecule has 0 fully saturated rings. The fraction of sp³-hybridized carbons (Fsp3) is 0.0385. The normalized spacial score (nSPS) is 10.9. The van der Waals surface area contributed by atoms with Crippen molar-refractivity contribution < 1.29 is 9.59 Å². The lowest BCUT2D eigenvalue weighted by Gasteiger charge is -2.08. The summed E-state index contributed by atoms with van der Waals surface area (Å²) in [6, 6.07) is 28.0. The lowest BCUT2D eigenvalue weighted by atomic mass is 10.1. The van der Waals surface area contributed by atoms with Crippen molar-refractivity contribution in [3.8, 4) is 0 Å². The SMILES string of the molecule is Cc1ccccc1C(=O)Nc1ccc(C(=O)N/N=C/c2cccc3ccccc23)cc1. The third kappa shape index (κ3) is 4.67. The summed E-state index contributed by atoms with van der Waals surface area (Å²) in [5, 5.41) is 9.12. The molecule has 152 valence electrons. The van der Waals surface area contributed by atoms with Crippen molar-refractivity contribution in [3.63, 3.8) is 0 Å². The van der Waals surface area contributed by atoms with E-state index in [0.717, 1.165) is 21.9 Å². The first-order valence-corrected chi connectivity index (χ1v) is 9.90. The highest BCUT2D eigenvalue weighted by atomic mass is 16.2. The number of fused-ring (bicyclic) bond motifs is 1. The molecule has 5 nitrogen and oxygen atoms in total. The van der Waals surface area contributed by atoms with Gasteiger partial charge in [-0.1, -0.05) is 60.7 Å². The summed E-state index contributed by atoms with van der Waals surface area (Å²) in [5.74, 6) is -0.511. The molecule has 2 amide bonds. The van der Waals surface area contributed by atoms with Gasteiger partial charge in [0, 0.05) is 22.4 Å². The number of anilines is 1. The second-order valence-electron chi connectivity index (χ2n) is 7.11. The van der Waals surface area contributed by atoms with Crippen molar-refractivity contribution >= 4 is 34.5 Å². The Hall–Kier alpha value is -4.25. The topological polar surface area (TPSA) is 70.6 Å². The highest BCUT2D eigenvalue weighted by molar-refractivity contribution is 6.05. The van der Waals surface area contributed by atoms with Crippen LogP contribution in [0.5, 0.6) is 0 Å². The molecular weight excluding hydrogens is 386 g/mol. The largest absolute Gasteiger partial charge is 0.322 e. The third-order valence-corrected chi connectivity index (χ3v) is 4.99. The number of hydrogen-bond donors (Lipinski definition) is 2. The molecule has 0 saturated carbocycles. The lowest BCUT2D eigenvalue weighted by molar-refractivity contribution is 0.0954. The lowest BCUT2D eigenvalue weighted by Crippen LogP contribution is -2.18. The Morgan fingerprint density at radius 2 is 1.48 bits per heavy atom. The van der Waals surface area contributed by atoms with Gasteiger partial charge in [0.15, 0.2) is 0 Å². The molecule has 0 aliphatic carbocycles. The third-order valence-electron chi connectivity index (χ3n) is 4.99. The van der Waals surface area contributed by atoms with E-state index in [1.807, 2.05) is 67.6 Å². The number of carbonyl (C=O) groups is 2. The van der Waals surface area contributed by atoms with Gasteiger partial charge in [0.05, 0.1) is 6.21 Å². The summed E-state index contributed by atoms with van der Waals surface area (Å²) < 4.78 is 0. The Kier molecular flexibility index (Phi) is 5.85. The van der Waals surface area contributed by atoms with Crippen molar-refractivity contribution in [2.45, 2.75) is 6.92 Å². The first-order chi connectivity index (χ1) is 15.1. The van der Waals surface area contributed by atoms with E-state index >= 15 is 0 Å². The van der Waals surface area contributed by atoms with Gasteiger partial charge in [-0.25, -0.2) is 5.43 Å². The molecule has 0 spiro atoms. The van der Waals surface area contributed by atoms with E-state index < -0.39 is 0 Å². The first-order valence-electron chi connectivity index (χ1n) is 9.90. The standard InChI is InChI=1S/C26H21N3O2/c1-18-7-2-4-11-23(18)26(31)28-22-15-13-20(14-16-22)25(30)29-27-17-21-10-6-9-19-8-3-5-12-24(19)21/h2-17H,1H3,(H,28,31)(H,29,30)/b27-17+. The van der Waals surface area contributed by atoms with E-state index in [2.05, 4.69) is 15.8 Å². The van der Waals surface area contributed by atoms with Crippen LogP contribution < -0.4 is 10.7 Å². The van der Waals surface area contributed by atoms with Crippen LogP contribution in [0, 0.1) is 6.92 Å². The first kappa shape index (κ1) is 20.0. The maximum Gasteiger partial charge on any atom is 0.271 e. The number of amides is 2. The Labute approximate surface area is 180 Å². The van der Waals surface area contributed by atoms with Crippen LogP contribution in [0.4, 0.5) is 5.69 Å². The van der Waals surface area contributed by atoms with E-state index in [1.54, 1.807) is 36.5 Å². The summed E-state index contributed by atoms with van der Waals surface area (Å²) >= 11 is 0. The summed E-state index contributed by atoms with van der Waals surface area (Å²) in [6.45, 7) is 1.89. The molecule has 4 aromatic rings. The minimum Gasteiger partial charge on any atom is -0.322 e. The number of nitrogens with zero attached hydrogens (tertiary/aromatic N) is 1. The molecule has 0 saturated heterocycles. The maximum atomic E-state index is 12.4. The molecule has 5 heteroatoms. The molecule has 31 heavy (non-hydrogen) atoms.